The Bertz CT molecular complexity index is 1110. The maximum Gasteiger partial charge on any atom is 0.242 e. The number of aryl methyl sites for hydroxylation is 2. The van der Waals surface area contributed by atoms with Gasteiger partial charge in [-0.2, -0.15) is 5.10 Å². The lowest BCUT2D eigenvalue weighted by Crippen LogP contribution is -2.27. The number of rotatable bonds is 10. The van der Waals surface area contributed by atoms with Crippen molar-refractivity contribution >= 4 is 43.2 Å². The SMILES string of the molecule is CCn1ccc(CCNS(=O)(=O)c2cc(Cl)ccc2NCc2c(Br)nnn2CC)n1. The summed E-state index contributed by atoms with van der Waals surface area (Å²) in [4.78, 5) is 0.0840. The Kier molecular flexibility index (Phi) is 7.50. The highest BCUT2D eigenvalue weighted by Crippen LogP contribution is 2.26. The third-order valence-corrected chi connectivity index (χ3v) is 6.81. The predicted molar refractivity (Wildman–Crippen MR) is 119 cm³/mol. The largest absolute Gasteiger partial charge is 0.378 e. The van der Waals surface area contributed by atoms with E-state index in [1.165, 1.54) is 6.07 Å². The van der Waals surface area contributed by atoms with Crippen molar-refractivity contribution in [2.75, 3.05) is 11.9 Å². The maximum atomic E-state index is 12.9. The van der Waals surface area contributed by atoms with E-state index in [2.05, 4.69) is 41.4 Å². The average Bonchev–Trinajstić information content (AvgIpc) is 3.33. The van der Waals surface area contributed by atoms with E-state index in [0.717, 1.165) is 17.9 Å². The van der Waals surface area contributed by atoms with Gasteiger partial charge in [0.05, 0.1) is 23.6 Å². The molecule has 0 unspecified atom stereocenters. The first kappa shape index (κ1) is 22.7. The summed E-state index contributed by atoms with van der Waals surface area (Å²) in [6, 6.07) is 6.61. The number of aromatic nitrogens is 5. The quantitative estimate of drug-likeness (QED) is 0.429. The van der Waals surface area contributed by atoms with Crippen LogP contribution in [0.15, 0.2) is 40.0 Å². The van der Waals surface area contributed by atoms with E-state index in [4.69, 9.17) is 11.6 Å². The van der Waals surface area contributed by atoms with Crippen LogP contribution in [-0.2, 0) is 36.1 Å². The summed E-state index contributed by atoms with van der Waals surface area (Å²) >= 11 is 9.45. The van der Waals surface area contributed by atoms with Crippen molar-refractivity contribution in [1.82, 2.24) is 29.5 Å². The Morgan fingerprint density at radius 1 is 1.20 bits per heavy atom. The Morgan fingerprint density at radius 3 is 2.70 bits per heavy atom. The van der Waals surface area contributed by atoms with E-state index < -0.39 is 10.0 Å². The second kappa shape index (κ2) is 9.90. The van der Waals surface area contributed by atoms with Crippen molar-refractivity contribution in [3.05, 3.63) is 51.5 Å². The van der Waals surface area contributed by atoms with E-state index in [0.29, 0.717) is 34.8 Å². The van der Waals surface area contributed by atoms with Gasteiger partial charge < -0.3 is 5.32 Å². The molecule has 0 amide bonds. The number of hydrogen-bond acceptors (Lipinski definition) is 6. The molecule has 12 heteroatoms. The van der Waals surface area contributed by atoms with Gasteiger partial charge >= 0.3 is 0 Å². The molecule has 0 aliphatic heterocycles. The molecule has 2 N–H and O–H groups in total. The van der Waals surface area contributed by atoms with Crippen molar-refractivity contribution in [2.45, 2.75) is 44.8 Å². The molecule has 0 saturated carbocycles. The van der Waals surface area contributed by atoms with Gasteiger partial charge in [0.25, 0.3) is 0 Å². The van der Waals surface area contributed by atoms with Crippen LogP contribution in [0.4, 0.5) is 5.69 Å². The van der Waals surface area contributed by atoms with Crippen LogP contribution in [0.25, 0.3) is 0 Å². The molecule has 3 rings (SSSR count). The number of hydrogen-bond donors (Lipinski definition) is 2. The van der Waals surface area contributed by atoms with Crippen LogP contribution in [0.3, 0.4) is 0 Å². The third-order valence-electron chi connectivity index (χ3n) is 4.46. The topological polar surface area (TPSA) is 107 Å². The highest BCUT2D eigenvalue weighted by molar-refractivity contribution is 9.10. The average molecular weight is 517 g/mol. The summed E-state index contributed by atoms with van der Waals surface area (Å²) in [5.74, 6) is 0. The molecule has 162 valence electrons. The van der Waals surface area contributed by atoms with E-state index in [1.54, 1.807) is 21.5 Å². The Labute approximate surface area is 189 Å². The van der Waals surface area contributed by atoms with Crippen LogP contribution in [0.5, 0.6) is 0 Å². The van der Waals surface area contributed by atoms with Crippen molar-refractivity contribution < 1.29 is 8.42 Å². The third kappa shape index (κ3) is 5.39. The Morgan fingerprint density at radius 2 is 2.00 bits per heavy atom. The van der Waals surface area contributed by atoms with Crippen LogP contribution in [0, 0.1) is 0 Å². The zero-order valence-electron chi connectivity index (χ0n) is 16.6. The van der Waals surface area contributed by atoms with Crippen molar-refractivity contribution in [2.24, 2.45) is 0 Å². The van der Waals surface area contributed by atoms with E-state index in [-0.39, 0.29) is 11.4 Å². The highest BCUT2D eigenvalue weighted by Gasteiger charge is 2.20. The molecule has 30 heavy (non-hydrogen) atoms. The minimum atomic E-state index is -3.78. The molecule has 2 aromatic heterocycles. The van der Waals surface area contributed by atoms with Gasteiger partial charge in [0.2, 0.25) is 10.0 Å². The second-order valence-corrected chi connectivity index (χ2v) is 9.37. The lowest BCUT2D eigenvalue weighted by molar-refractivity contribution is 0.580. The van der Waals surface area contributed by atoms with Crippen LogP contribution in [0.1, 0.15) is 25.2 Å². The molecule has 0 fully saturated rings. The van der Waals surface area contributed by atoms with E-state index >= 15 is 0 Å². The Hall–Kier alpha value is -1.95. The molecule has 1 aromatic carbocycles. The molecular weight excluding hydrogens is 494 g/mol. The standard InChI is InChI=1S/C18H23BrClN7O2S/c1-3-26-10-8-14(24-26)7-9-22-30(28,29)17-11-13(20)5-6-15(17)21-12-16-18(19)23-25-27(16)4-2/h5-6,8,10-11,21-22H,3-4,7,9,12H2,1-2H3. The molecule has 0 bridgehead atoms. The molecule has 9 nitrogen and oxygen atoms in total. The predicted octanol–water partition coefficient (Wildman–Crippen LogP) is 3.06. The summed E-state index contributed by atoms with van der Waals surface area (Å²) in [7, 11) is -3.78. The monoisotopic (exact) mass is 515 g/mol. The summed E-state index contributed by atoms with van der Waals surface area (Å²) in [5, 5.41) is 15.9. The van der Waals surface area contributed by atoms with Crippen LogP contribution < -0.4 is 10.0 Å². The summed E-state index contributed by atoms with van der Waals surface area (Å²) in [6.45, 7) is 5.95. The molecular formula is C18H23BrClN7O2S. The zero-order valence-corrected chi connectivity index (χ0v) is 19.8. The van der Waals surface area contributed by atoms with Gasteiger partial charge in [-0.15, -0.1) is 5.10 Å². The number of benzene rings is 1. The minimum Gasteiger partial charge on any atom is -0.378 e. The van der Waals surface area contributed by atoms with E-state index in [1.807, 2.05) is 26.1 Å². The lowest BCUT2D eigenvalue weighted by Gasteiger charge is -2.14. The molecule has 3 aromatic rings. The van der Waals surface area contributed by atoms with Gasteiger partial charge in [0.1, 0.15) is 4.90 Å². The van der Waals surface area contributed by atoms with Crippen molar-refractivity contribution in [1.29, 1.82) is 0 Å². The second-order valence-electron chi connectivity index (χ2n) is 6.45. The molecule has 0 aliphatic carbocycles. The number of anilines is 1. The van der Waals surface area contributed by atoms with Crippen LogP contribution in [0.2, 0.25) is 5.02 Å². The summed E-state index contributed by atoms with van der Waals surface area (Å²) in [5.41, 5.74) is 2.09. The van der Waals surface area contributed by atoms with Crippen molar-refractivity contribution in [3.63, 3.8) is 0 Å². The minimum absolute atomic E-state index is 0.0840. The van der Waals surface area contributed by atoms with Crippen molar-refractivity contribution in [3.8, 4) is 0 Å². The van der Waals surface area contributed by atoms with Gasteiger partial charge in [-0.3, -0.25) is 4.68 Å². The van der Waals surface area contributed by atoms with E-state index in [9.17, 15) is 8.42 Å². The van der Waals surface area contributed by atoms with Gasteiger partial charge in [-0.1, -0.05) is 16.8 Å². The smallest absolute Gasteiger partial charge is 0.242 e. The molecule has 0 spiro atoms. The first-order chi connectivity index (χ1) is 14.3. The first-order valence-electron chi connectivity index (χ1n) is 9.47. The normalized spacial score (nSPS) is 11.7. The molecule has 0 atom stereocenters. The number of nitrogens with one attached hydrogen (secondary N) is 2. The Balaban J connectivity index is 1.73. The van der Waals surface area contributed by atoms with Crippen LogP contribution in [-0.4, -0.2) is 39.7 Å². The molecule has 2 heterocycles. The fourth-order valence-electron chi connectivity index (χ4n) is 2.88. The summed E-state index contributed by atoms with van der Waals surface area (Å²) in [6.07, 6.45) is 2.36. The molecule has 0 saturated heterocycles. The highest BCUT2D eigenvalue weighted by atomic mass is 79.9. The maximum absolute atomic E-state index is 12.9. The summed E-state index contributed by atoms with van der Waals surface area (Å²) < 4.78 is 32.6. The lowest BCUT2D eigenvalue weighted by atomic mass is 10.3. The number of nitrogens with zero attached hydrogens (tertiary/aromatic N) is 5. The number of sulfonamides is 1. The fraction of sp³-hybridized carbons (Fsp3) is 0.389. The van der Waals surface area contributed by atoms with Gasteiger partial charge in [0, 0.05) is 37.3 Å². The zero-order chi connectivity index (χ0) is 21.7. The fourth-order valence-corrected chi connectivity index (χ4v) is 4.77. The van der Waals surface area contributed by atoms with Gasteiger partial charge in [0.15, 0.2) is 4.60 Å². The van der Waals surface area contributed by atoms with Crippen LogP contribution >= 0.6 is 27.5 Å². The van der Waals surface area contributed by atoms with Gasteiger partial charge in [-0.05, 0) is 54.0 Å². The van der Waals surface area contributed by atoms with Gasteiger partial charge in [-0.25, -0.2) is 17.8 Å². The molecule has 0 radical (unpaired) electrons. The molecule has 0 aliphatic rings. The number of halogens is 2. The first-order valence-corrected chi connectivity index (χ1v) is 12.1.